The van der Waals surface area contributed by atoms with Gasteiger partial charge in [0.25, 0.3) is 0 Å². The van der Waals surface area contributed by atoms with Crippen LogP contribution < -0.4 is 4.90 Å². The molecular weight excluding hydrogens is 398 g/mol. The monoisotopic (exact) mass is 425 g/mol. The number of aromatic nitrogens is 2. The number of allylic oxidation sites excluding steroid dienone is 2. The van der Waals surface area contributed by atoms with Crippen LogP contribution in [0.2, 0.25) is 0 Å². The van der Waals surface area contributed by atoms with Crippen LogP contribution in [0.25, 0.3) is 5.57 Å². The minimum atomic E-state index is 0.244. The molecule has 2 aliphatic carbocycles. The Morgan fingerprint density at radius 2 is 2.17 bits per heavy atom. The molecule has 0 radical (unpaired) electrons. The molecule has 0 aromatic carbocycles. The summed E-state index contributed by atoms with van der Waals surface area (Å²) in [5, 5.41) is 3.98. The highest BCUT2D eigenvalue weighted by Gasteiger charge is 2.29. The fourth-order valence-corrected chi connectivity index (χ4v) is 6.67. The molecule has 1 atom stereocenters. The molecule has 0 N–H and O–H groups in total. The molecule has 0 bridgehead atoms. The highest BCUT2D eigenvalue weighted by molar-refractivity contribution is 7.15. The molecule has 0 saturated heterocycles. The molecule has 152 valence electrons. The fourth-order valence-electron chi connectivity index (χ4n) is 4.70. The smallest absolute Gasteiger partial charge is 0.191 e. The first-order valence-corrected chi connectivity index (χ1v) is 12.4. The number of hydrogen-bond acceptors (Lipinski definition) is 6. The summed E-state index contributed by atoms with van der Waals surface area (Å²) in [5.41, 5.74) is 5.25. The summed E-state index contributed by atoms with van der Waals surface area (Å²) in [5.74, 6) is 0.734. The van der Waals surface area contributed by atoms with Gasteiger partial charge in [-0.3, -0.25) is 4.79 Å². The number of hydrogen-bond donors (Lipinski definition) is 0. The molecule has 6 heteroatoms. The quantitative estimate of drug-likeness (QED) is 0.456. The first-order chi connectivity index (χ1) is 14.2. The summed E-state index contributed by atoms with van der Waals surface area (Å²) in [4.78, 5) is 26.2. The normalized spacial score (nSPS) is 21.7. The Bertz CT molecular complexity index is 984. The highest BCUT2D eigenvalue weighted by atomic mass is 32.1. The Labute approximate surface area is 180 Å². The average Bonchev–Trinajstić information content (AvgIpc) is 3.32. The van der Waals surface area contributed by atoms with Gasteiger partial charge in [0.15, 0.2) is 15.9 Å². The van der Waals surface area contributed by atoms with Crippen LogP contribution in [0, 0.1) is 12.8 Å². The molecule has 0 amide bonds. The van der Waals surface area contributed by atoms with E-state index in [1.165, 1.54) is 16.9 Å². The fraction of sp³-hybridized carbons (Fsp3) is 0.522. The van der Waals surface area contributed by atoms with E-state index in [1.54, 1.807) is 28.2 Å². The maximum Gasteiger partial charge on any atom is 0.191 e. The summed E-state index contributed by atoms with van der Waals surface area (Å²) in [6.07, 6.45) is 12.8. The van der Waals surface area contributed by atoms with Crippen molar-refractivity contribution in [2.45, 2.75) is 58.3 Å². The third-order valence-corrected chi connectivity index (χ3v) is 8.51. The van der Waals surface area contributed by atoms with Crippen molar-refractivity contribution in [1.29, 1.82) is 0 Å². The minimum Gasteiger partial charge on any atom is -0.343 e. The number of anilines is 1. The summed E-state index contributed by atoms with van der Waals surface area (Å²) in [6.45, 7) is 4.00. The van der Waals surface area contributed by atoms with Gasteiger partial charge in [-0.1, -0.05) is 17.7 Å². The zero-order chi connectivity index (χ0) is 19.8. The Morgan fingerprint density at radius 1 is 1.24 bits per heavy atom. The van der Waals surface area contributed by atoms with Crippen molar-refractivity contribution in [3.8, 4) is 0 Å². The zero-order valence-corrected chi connectivity index (χ0v) is 18.6. The van der Waals surface area contributed by atoms with Crippen molar-refractivity contribution in [2.75, 3.05) is 18.0 Å². The second-order valence-electron chi connectivity index (χ2n) is 8.45. The maximum absolute atomic E-state index is 13.0. The topological polar surface area (TPSA) is 46.1 Å². The summed E-state index contributed by atoms with van der Waals surface area (Å²) < 4.78 is 0. The van der Waals surface area contributed by atoms with Gasteiger partial charge in [0.05, 0.1) is 16.3 Å². The van der Waals surface area contributed by atoms with E-state index in [9.17, 15) is 4.79 Å². The Kier molecular flexibility index (Phi) is 5.39. The van der Waals surface area contributed by atoms with Gasteiger partial charge >= 0.3 is 0 Å². The lowest BCUT2D eigenvalue weighted by Gasteiger charge is -2.30. The maximum atomic E-state index is 13.0. The molecule has 1 unspecified atom stereocenters. The van der Waals surface area contributed by atoms with Crippen molar-refractivity contribution in [2.24, 2.45) is 5.92 Å². The Balaban J connectivity index is 1.40. The van der Waals surface area contributed by atoms with Crippen molar-refractivity contribution in [1.82, 2.24) is 9.97 Å². The number of fused-ring (bicyclic) bond motifs is 2. The van der Waals surface area contributed by atoms with E-state index >= 15 is 0 Å². The van der Waals surface area contributed by atoms with E-state index in [0.717, 1.165) is 73.1 Å². The van der Waals surface area contributed by atoms with Gasteiger partial charge in [0, 0.05) is 24.9 Å². The molecule has 0 fully saturated rings. The van der Waals surface area contributed by atoms with Crippen molar-refractivity contribution in [3.05, 3.63) is 44.4 Å². The number of nitrogens with zero attached hydrogens (tertiary/aromatic N) is 3. The standard InChI is InChI=1S/C23H27N3OS2/c1-15-14-28-23(24-15)26-11-10-17-8-5-9-19-21(18(17)13-26)29-22(25-19)20(27)12-16-6-3-2-4-7-16/h2-3,14,16H,4-13H2,1H3. The van der Waals surface area contributed by atoms with Gasteiger partial charge in [0.1, 0.15) is 0 Å². The first kappa shape index (κ1) is 19.2. The van der Waals surface area contributed by atoms with Crippen LogP contribution >= 0.6 is 22.7 Å². The lowest BCUT2D eigenvalue weighted by Crippen LogP contribution is -2.30. The third-order valence-electron chi connectivity index (χ3n) is 6.29. The van der Waals surface area contributed by atoms with E-state index in [1.807, 2.05) is 0 Å². The second kappa shape index (κ2) is 8.15. The summed E-state index contributed by atoms with van der Waals surface area (Å²) in [7, 11) is 0. The van der Waals surface area contributed by atoms with E-state index < -0.39 is 0 Å². The van der Waals surface area contributed by atoms with Crippen molar-refractivity contribution in [3.63, 3.8) is 0 Å². The number of thiazole rings is 2. The molecular formula is C23H27N3OS2. The van der Waals surface area contributed by atoms with Crippen LogP contribution in [-0.4, -0.2) is 28.8 Å². The van der Waals surface area contributed by atoms with E-state index in [2.05, 4.69) is 29.4 Å². The van der Waals surface area contributed by atoms with E-state index in [0.29, 0.717) is 12.3 Å². The lowest BCUT2D eigenvalue weighted by molar-refractivity contribution is 0.0958. The molecule has 5 rings (SSSR count). The van der Waals surface area contributed by atoms with Gasteiger partial charge in [-0.05, 0) is 63.4 Å². The molecule has 29 heavy (non-hydrogen) atoms. The van der Waals surface area contributed by atoms with Gasteiger partial charge in [0.2, 0.25) is 0 Å². The number of Topliss-reactive ketones (excluding diaryl/α,β-unsaturated/α-hetero) is 1. The lowest BCUT2D eigenvalue weighted by atomic mass is 9.90. The molecule has 0 spiro atoms. The van der Waals surface area contributed by atoms with E-state index in [-0.39, 0.29) is 5.78 Å². The second-order valence-corrected chi connectivity index (χ2v) is 10.3. The largest absolute Gasteiger partial charge is 0.343 e. The van der Waals surface area contributed by atoms with Crippen LogP contribution in [-0.2, 0) is 6.42 Å². The average molecular weight is 426 g/mol. The number of rotatable bonds is 4. The molecule has 2 aromatic rings. The number of carbonyl (C=O) groups is 1. The van der Waals surface area contributed by atoms with Crippen molar-refractivity contribution < 1.29 is 4.79 Å². The van der Waals surface area contributed by atoms with Crippen molar-refractivity contribution >= 4 is 39.2 Å². The Hall–Kier alpha value is -1.79. The molecule has 2 aromatic heterocycles. The minimum absolute atomic E-state index is 0.244. The highest BCUT2D eigenvalue weighted by Crippen LogP contribution is 2.40. The SMILES string of the molecule is Cc1csc(N2CCC3=C(C2)c2sc(C(=O)CC4CC=CCC4)nc2CCC3)n1. The Morgan fingerprint density at radius 3 is 2.97 bits per heavy atom. The van der Waals surface area contributed by atoms with Gasteiger partial charge in [-0.15, -0.1) is 22.7 Å². The van der Waals surface area contributed by atoms with E-state index in [4.69, 9.17) is 9.97 Å². The van der Waals surface area contributed by atoms with Gasteiger partial charge in [-0.2, -0.15) is 0 Å². The summed E-state index contributed by atoms with van der Waals surface area (Å²) >= 11 is 3.39. The predicted molar refractivity (Wildman–Crippen MR) is 121 cm³/mol. The molecule has 3 heterocycles. The zero-order valence-electron chi connectivity index (χ0n) is 16.9. The molecule has 0 saturated carbocycles. The summed E-state index contributed by atoms with van der Waals surface area (Å²) in [6, 6.07) is 0. The van der Waals surface area contributed by atoms with Crippen LogP contribution in [0.5, 0.6) is 0 Å². The molecule has 1 aliphatic heterocycles. The van der Waals surface area contributed by atoms with Crippen LogP contribution in [0.4, 0.5) is 5.13 Å². The van der Waals surface area contributed by atoms with Crippen LogP contribution in [0.3, 0.4) is 0 Å². The third kappa shape index (κ3) is 3.97. The molecule has 3 aliphatic rings. The number of aryl methyl sites for hydroxylation is 2. The predicted octanol–water partition coefficient (Wildman–Crippen LogP) is 5.84. The van der Waals surface area contributed by atoms with Gasteiger partial charge < -0.3 is 4.90 Å². The van der Waals surface area contributed by atoms with Crippen LogP contribution in [0.1, 0.15) is 71.0 Å². The number of carbonyl (C=O) groups excluding carboxylic acids is 1. The number of ketones is 1. The first-order valence-electron chi connectivity index (χ1n) is 10.7. The van der Waals surface area contributed by atoms with Crippen LogP contribution in [0.15, 0.2) is 23.1 Å². The molecule has 4 nitrogen and oxygen atoms in total. The van der Waals surface area contributed by atoms with Gasteiger partial charge in [-0.25, -0.2) is 9.97 Å².